The van der Waals surface area contributed by atoms with Crippen molar-refractivity contribution < 1.29 is 4.52 Å². The Morgan fingerprint density at radius 1 is 1.30 bits per heavy atom. The quantitative estimate of drug-likeness (QED) is 0.665. The fourth-order valence-corrected chi connectivity index (χ4v) is 2.54. The molecule has 0 spiro atoms. The number of aryl methyl sites for hydroxylation is 3. The van der Waals surface area contributed by atoms with Crippen molar-refractivity contribution in [1.29, 1.82) is 0 Å². The van der Waals surface area contributed by atoms with Crippen LogP contribution in [0.1, 0.15) is 26.9 Å². The van der Waals surface area contributed by atoms with Crippen LogP contribution < -0.4 is 10.6 Å². The lowest BCUT2D eigenvalue weighted by atomic mass is 10.2. The molecule has 108 valence electrons. The first-order valence-corrected chi connectivity index (χ1v) is 7.19. The summed E-state index contributed by atoms with van der Waals surface area (Å²) in [5.41, 5.74) is 1.98. The van der Waals surface area contributed by atoms with E-state index in [4.69, 9.17) is 4.52 Å². The molecule has 0 bridgehead atoms. The molecule has 0 amide bonds. The first-order valence-electron chi connectivity index (χ1n) is 6.37. The fraction of sp³-hybridized carbons (Fsp3) is 0.462. The van der Waals surface area contributed by atoms with Gasteiger partial charge in [0.1, 0.15) is 5.76 Å². The first-order chi connectivity index (χ1) is 9.60. The standard InChI is InChI=1S/C13H19N5OS/c1-8-12(9(2)19-18-8)7-17-13(14-4)16-6-11-5-15-10(3)20-11/h5H,6-7H2,1-4H3,(H2,14,16,17). The van der Waals surface area contributed by atoms with Crippen LogP contribution in [0.5, 0.6) is 0 Å². The number of rotatable bonds is 4. The van der Waals surface area contributed by atoms with Crippen LogP contribution in [-0.4, -0.2) is 23.1 Å². The number of hydrogen-bond acceptors (Lipinski definition) is 5. The van der Waals surface area contributed by atoms with E-state index in [0.717, 1.165) is 28.0 Å². The average Bonchev–Trinajstić information content (AvgIpc) is 2.98. The van der Waals surface area contributed by atoms with E-state index >= 15 is 0 Å². The van der Waals surface area contributed by atoms with Gasteiger partial charge >= 0.3 is 0 Å². The Morgan fingerprint density at radius 2 is 2.05 bits per heavy atom. The van der Waals surface area contributed by atoms with E-state index in [-0.39, 0.29) is 0 Å². The minimum absolute atomic E-state index is 0.641. The van der Waals surface area contributed by atoms with Crippen molar-refractivity contribution in [3.05, 3.63) is 33.1 Å². The summed E-state index contributed by atoms with van der Waals surface area (Å²) in [5, 5.41) is 11.5. The molecule has 2 N–H and O–H groups in total. The second kappa shape index (κ2) is 6.51. The molecule has 2 rings (SSSR count). The molecular weight excluding hydrogens is 274 g/mol. The van der Waals surface area contributed by atoms with Gasteiger partial charge in [0, 0.05) is 30.2 Å². The van der Waals surface area contributed by atoms with Crippen molar-refractivity contribution in [2.24, 2.45) is 4.99 Å². The Bertz CT molecular complexity index is 582. The van der Waals surface area contributed by atoms with Crippen LogP contribution in [0.25, 0.3) is 0 Å². The lowest BCUT2D eigenvalue weighted by molar-refractivity contribution is 0.392. The SMILES string of the molecule is CN=C(NCc1cnc(C)s1)NCc1c(C)noc1C. The maximum atomic E-state index is 5.14. The number of aliphatic imine (C=N–C) groups is 1. The van der Waals surface area contributed by atoms with Gasteiger partial charge in [0.25, 0.3) is 0 Å². The van der Waals surface area contributed by atoms with Gasteiger partial charge in [-0.1, -0.05) is 5.16 Å². The normalized spacial score (nSPS) is 11.7. The molecule has 7 heteroatoms. The van der Waals surface area contributed by atoms with Crippen LogP contribution in [0.3, 0.4) is 0 Å². The predicted octanol–water partition coefficient (Wildman–Crippen LogP) is 1.92. The van der Waals surface area contributed by atoms with E-state index < -0.39 is 0 Å². The molecule has 0 unspecified atom stereocenters. The second-order valence-electron chi connectivity index (χ2n) is 4.43. The molecule has 0 aliphatic carbocycles. The fourth-order valence-electron chi connectivity index (χ4n) is 1.80. The highest BCUT2D eigenvalue weighted by atomic mass is 32.1. The molecule has 0 aliphatic heterocycles. The highest BCUT2D eigenvalue weighted by Gasteiger charge is 2.09. The van der Waals surface area contributed by atoms with Gasteiger partial charge in [-0.05, 0) is 20.8 Å². The lowest BCUT2D eigenvalue weighted by Gasteiger charge is -2.10. The highest BCUT2D eigenvalue weighted by molar-refractivity contribution is 7.11. The van der Waals surface area contributed by atoms with Gasteiger partial charge < -0.3 is 15.2 Å². The Hall–Kier alpha value is -1.89. The molecule has 0 aromatic carbocycles. The van der Waals surface area contributed by atoms with Crippen molar-refractivity contribution in [3.8, 4) is 0 Å². The topological polar surface area (TPSA) is 75.3 Å². The molecule has 0 saturated heterocycles. The van der Waals surface area contributed by atoms with Crippen LogP contribution >= 0.6 is 11.3 Å². The predicted molar refractivity (Wildman–Crippen MR) is 79.9 cm³/mol. The van der Waals surface area contributed by atoms with Crippen molar-refractivity contribution in [2.45, 2.75) is 33.9 Å². The minimum atomic E-state index is 0.641. The molecule has 0 radical (unpaired) electrons. The molecule has 2 aromatic heterocycles. The molecule has 0 aliphatic rings. The summed E-state index contributed by atoms with van der Waals surface area (Å²) in [6, 6.07) is 0. The van der Waals surface area contributed by atoms with Gasteiger partial charge in [-0.3, -0.25) is 4.99 Å². The Balaban J connectivity index is 1.87. The van der Waals surface area contributed by atoms with Crippen LogP contribution in [0.4, 0.5) is 0 Å². The number of nitrogens with one attached hydrogen (secondary N) is 2. The van der Waals surface area contributed by atoms with Gasteiger partial charge in [0.2, 0.25) is 0 Å². The number of aromatic nitrogens is 2. The van der Waals surface area contributed by atoms with Crippen LogP contribution in [0.2, 0.25) is 0 Å². The molecule has 0 fully saturated rings. The lowest BCUT2D eigenvalue weighted by Crippen LogP contribution is -2.36. The maximum Gasteiger partial charge on any atom is 0.191 e. The van der Waals surface area contributed by atoms with Crippen molar-refractivity contribution >= 4 is 17.3 Å². The second-order valence-corrected chi connectivity index (χ2v) is 5.75. The smallest absolute Gasteiger partial charge is 0.191 e. The number of guanidine groups is 1. The summed E-state index contributed by atoms with van der Waals surface area (Å²) in [6.45, 7) is 7.20. The van der Waals surface area contributed by atoms with Crippen molar-refractivity contribution in [2.75, 3.05) is 7.05 Å². The Morgan fingerprint density at radius 3 is 2.60 bits per heavy atom. The average molecular weight is 293 g/mol. The maximum absolute atomic E-state index is 5.14. The van der Waals surface area contributed by atoms with Crippen molar-refractivity contribution in [3.63, 3.8) is 0 Å². The van der Waals surface area contributed by atoms with Gasteiger partial charge in [-0.25, -0.2) is 4.98 Å². The van der Waals surface area contributed by atoms with E-state index in [2.05, 4.69) is 25.8 Å². The van der Waals surface area contributed by atoms with Gasteiger partial charge in [-0.15, -0.1) is 11.3 Å². The monoisotopic (exact) mass is 293 g/mol. The first kappa shape index (κ1) is 14.5. The third kappa shape index (κ3) is 3.57. The molecule has 2 aromatic rings. The zero-order valence-corrected chi connectivity index (χ0v) is 13.0. The van der Waals surface area contributed by atoms with E-state index in [1.165, 1.54) is 4.88 Å². The van der Waals surface area contributed by atoms with Crippen LogP contribution in [0.15, 0.2) is 15.7 Å². The van der Waals surface area contributed by atoms with Crippen molar-refractivity contribution in [1.82, 2.24) is 20.8 Å². The molecular formula is C13H19N5OS. The van der Waals surface area contributed by atoms with E-state index in [0.29, 0.717) is 13.1 Å². The third-order valence-corrected chi connectivity index (χ3v) is 3.85. The van der Waals surface area contributed by atoms with E-state index in [1.54, 1.807) is 18.4 Å². The van der Waals surface area contributed by atoms with Gasteiger partial charge in [-0.2, -0.15) is 0 Å². The third-order valence-electron chi connectivity index (χ3n) is 2.94. The number of nitrogens with zero attached hydrogens (tertiary/aromatic N) is 3. The summed E-state index contributed by atoms with van der Waals surface area (Å²) >= 11 is 1.68. The zero-order valence-electron chi connectivity index (χ0n) is 12.1. The van der Waals surface area contributed by atoms with Gasteiger partial charge in [0.05, 0.1) is 17.2 Å². The Kier molecular flexibility index (Phi) is 4.73. The van der Waals surface area contributed by atoms with Crippen LogP contribution in [-0.2, 0) is 13.1 Å². The van der Waals surface area contributed by atoms with Gasteiger partial charge in [0.15, 0.2) is 5.96 Å². The summed E-state index contributed by atoms with van der Waals surface area (Å²) in [5.74, 6) is 1.58. The van der Waals surface area contributed by atoms with Crippen LogP contribution in [0, 0.1) is 20.8 Å². The number of thiazole rings is 1. The zero-order chi connectivity index (χ0) is 14.5. The molecule has 0 atom stereocenters. The largest absolute Gasteiger partial charge is 0.361 e. The minimum Gasteiger partial charge on any atom is -0.361 e. The van der Waals surface area contributed by atoms with E-state index in [9.17, 15) is 0 Å². The highest BCUT2D eigenvalue weighted by Crippen LogP contribution is 2.12. The molecule has 2 heterocycles. The van der Waals surface area contributed by atoms with E-state index in [1.807, 2.05) is 27.0 Å². The molecule has 6 nitrogen and oxygen atoms in total. The summed E-state index contributed by atoms with van der Waals surface area (Å²) in [4.78, 5) is 9.61. The molecule has 20 heavy (non-hydrogen) atoms. The number of hydrogen-bond donors (Lipinski definition) is 2. The molecule has 0 saturated carbocycles. The summed E-state index contributed by atoms with van der Waals surface area (Å²) in [7, 11) is 1.75. The summed E-state index contributed by atoms with van der Waals surface area (Å²) < 4.78 is 5.14. The Labute approximate surface area is 122 Å². The summed E-state index contributed by atoms with van der Waals surface area (Å²) in [6.07, 6.45) is 1.88.